The van der Waals surface area contributed by atoms with Crippen LogP contribution in [-0.4, -0.2) is 46.5 Å². The van der Waals surface area contributed by atoms with Gasteiger partial charge in [0, 0.05) is 31.5 Å². The molecule has 17 heavy (non-hydrogen) atoms. The average Bonchev–Trinajstić information content (AvgIpc) is 2.40. The molecule has 0 saturated carbocycles. The normalized spacial score (nSPS) is 20.3. The van der Waals surface area contributed by atoms with E-state index in [1.54, 1.807) is 12.4 Å². The van der Waals surface area contributed by atoms with E-state index in [9.17, 15) is 4.79 Å². The predicted octanol–water partition coefficient (Wildman–Crippen LogP) is 0.691. The van der Waals surface area contributed by atoms with Crippen LogP contribution in [-0.2, 0) is 0 Å². The summed E-state index contributed by atoms with van der Waals surface area (Å²) in [5.41, 5.74) is 0.574. The van der Waals surface area contributed by atoms with E-state index in [4.69, 9.17) is 0 Å². The van der Waals surface area contributed by atoms with Crippen LogP contribution in [0, 0.1) is 0 Å². The number of nitrogens with zero attached hydrogens (tertiary/aromatic N) is 3. The number of piperidine rings is 1. The maximum absolute atomic E-state index is 12.2. The van der Waals surface area contributed by atoms with Crippen molar-refractivity contribution in [1.82, 2.24) is 20.2 Å². The van der Waals surface area contributed by atoms with Gasteiger partial charge in [0.05, 0.1) is 5.56 Å². The first-order valence-electron chi connectivity index (χ1n) is 6.09. The summed E-state index contributed by atoms with van der Waals surface area (Å²) in [6, 6.07) is 0.419. The summed E-state index contributed by atoms with van der Waals surface area (Å²) in [4.78, 5) is 21.8. The first kappa shape index (κ1) is 12.0. The molecule has 5 heteroatoms. The van der Waals surface area contributed by atoms with Crippen molar-refractivity contribution >= 4 is 5.91 Å². The van der Waals surface area contributed by atoms with Crippen LogP contribution in [0.4, 0.5) is 0 Å². The Labute approximate surface area is 101 Å². The van der Waals surface area contributed by atoms with Crippen LogP contribution >= 0.6 is 0 Å². The number of nitrogens with one attached hydrogen (secondary N) is 1. The minimum absolute atomic E-state index is 0.0354. The van der Waals surface area contributed by atoms with Crippen LogP contribution < -0.4 is 5.32 Å². The SMILES string of the molecule is CCNC1CCCN(C(=O)c2cncnc2)C1. The number of aromatic nitrogens is 2. The second-order valence-corrected chi connectivity index (χ2v) is 4.28. The summed E-state index contributed by atoms with van der Waals surface area (Å²) in [6.45, 7) is 4.64. The topological polar surface area (TPSA) is 58.1 Å². The molecule has 2 heterocycles. The monoisotopic (exact) mass is 234 g/mol. The lowest BCUT2D eigenvalue weighted by atomic mass is 10.1. The first-order chi connectivity index (χ1) is 8.31. The standard InChI is InChI=1S/C12H18N4O/c1-2-15-11-4-3-5-16(8-11)12(17)10-6-13-9-14-7-10/h6-7,9,11,15H,2-5,8H2,1H3. The maximum Gasteiger partial charge on any atom is 0.257 e. The summed E-state index contributed by atoms with van der Waals surface area (Å²) in [5.74, 6) is 0.0354. The zero-order chi connectivity index (χ0) is 12.1. The Bertz CT molecular complexity index is 366. The molecule has 1 saturated heterocycles. The van der Waals surface area contributed by atoms with Crippen molar-refractivity contribution in [3.63, 3.8) is 0 Å². The zero-order valence-electron chi connectivity index (χ0n) is 10.1. The highest BCUT2D eigenvalue weighted by Crippen LogP contribution is 2.12. The Morgan fingerprint density at radius 1 is 1.53 bits per heavy atom. The molecule has 1 N–H and O–H groups in total. The average molecular weight is 234 g/mol. The number of hydrogen-bond donors (Lipinski definition) is 1. The second-order valence-electron chi connectivity index (χ2n) is 4.28. The molecular weight excluding hydrogens is 216 g/mol. The molecule has 1 aromatic heterocycles. The molecule has 1 aliphatic heterocycles. The maximum atomic E-state index is 12.2. The summed E-state index contributed by atoms with van der Waals surface area (Å²) in [7, 11) is 0. The highest BCUT2D eigenvalue weighted by molar-refractivity contribution is 5.93. The quantitative estimate of drug-likeness (QED) is 0.836. The van der Waals surface area contributed by atoms with Crippen LogP contribution in [0.1, 0.15) is 30.1 Å². The van der Waals surface area contributed by atoms with Crippen LogP contribution in [0.25, 0.3) is 0 Å². The van der Waals surface area contributed by atoms with Gasteiger partial charge in [0.2, 0.25) is 0 Å². The fraction of sp³-hybridized carbons (Fsp3) is 0.583. The van der Waals surface area contributed by atoms with E-state index < -0.39 is 0 Å². The molecule has 92 valence electrons. The summed E-state index contributed by atoms with van der Waals surface area (Å²) < 4.78 is 0. The van der Waals surface area contributed by atoms with Gasteiger partial charge in [-0.3, -0.25) is 4.79 Å². The van der Waals surface area contributed by atoms with Crippen molar-refractivity contribution in [2.45, 2.75) is 25.8 Å². The van der Waals surface area contributed by atoms with E-state index in [0.717, 1.165) is 32.5 Å². The number of carbonyl (C=O) groups excluding carboxylic acids is 1. The fourth-order valence-electron chi connectivity index (χ4n) is 2.21. The molecule has 1 fully saturated rings. The van der Waals surface area contributed by atoms with E-state index in [2.05, 4.69) is 22.2 Å². The van der Waals surface area contributed by atoms with Crippen LogP contribution in [0.3, 0.4) is 0 Å². The molecule has 1 unspecified atom stereocenters. The van der Waals surface area contributed by atoms with Gasteiger partial charge in [-0.1, -0.05) is 6.92 Å². The van der Waals surface area contributed by atoms with Crippen molar-refractivity contribution in [1.29, 1.82) is 0 Å². The lowest BCUT2D eigenvalue weighted by Crippen LogP contribution is -2.48. The third-order valence-electron chi connectivity index (χ3n) is 3.01. The second kappa shape index (κ2) is 5.72. The number of likely N-dealkylation sites (N-methyl/N-ethyl adjacent to an activating group) is 1. The highest BCUT2D eigenvalue weighted by Gasteiger charge is 2.23. The summed E-state index contributed by atoms with van der Waals surface area (Å²) >= 11 is 0. The third-order valence-corrected chi connectivity index (χ3v) is 3.01. The molecule has 1 aromatic rings. The molecule has 1 aliphatic rings. The number of likely N-dealkylation sites (tertiary alicyclic amines) is 1. The molecule has 0 radical (unpaired) electrons. The van der Waals surface area contributed by atoms with Crippen molar-refractivity contribution in [2.24, 2.45) is 0 Å². The smallest absolute Gasteiger partial charge is 0.257 e. The Kier molecular flexibility index (Phi) is 4.03. The van der Waals surface area contributed by atoms with Gasteiger partial charge >= 0.3 is 0 Å². The van der Waals surface area contributed by atoms with E-state index in [0.29, 0.717) is 11.6 Å². The van der Waals surface area contributed by atoms with Gasteiger partial charge in [-0.05, 0) is 19.4 Å². The van der Waals surface area contributed by atoms with Gasteiger partial charge < -0.3 is 10.2 Å². The minimum atomic E-state index is 0.0354. The molecular formula is C12H18N4O. The van der Waals surface area contributed by atoms with E-state index >= 15 is 0 Å². The fourth-order valence-corrected chi connectivity index (χ4v) is 2.21. The zero-order valence-corrected chi connectivity index (χ0v) is 10.1. The molecule has 1 atom stereocenters. The van der Waals surface area contributed by atoms with Crippen LogP contribution in [0.5, 0.6) is 0 Å². The molecule has 0 aromatic carbocycles. The minimum Gasteiger partial charge on any atom is -0.337 e. The number of rotatable bonds is 3. The van der Waals surface area contributed by atoms with E-state index in [1.165, 1.54) is 6.33 Å². The van der Waals surface area contributed by atoms with Crippen LogP contribution in [0.2, 0.25) is 0 Å². The van der Waals surface area contributed by atoms with Gasteiger partial charge in [-0.2, -0.15) is 0 Å². The van der Waals surface area contributed by atoms with E-state index in [-0.39, 0.29) is 5.91 Å². The Morgan fingerprint density at radius 3 is 3.00 bits per heavy atom. The molecule has 0 spiro atoms. The Hall–Kier alpha value is -1.49. The van der Waals surface area contributed by atoms with Crippen LogP contribution in [0.15, 0.2) is 18.7 Å². The van der Waals surface area contributed by atoms with Gasteiger partial charge in [0.15, 0.2) is 0 Å². The number of amides is 1. The number of carbonyl (C=O) groups is 1. The molecule has 1 amide bonds. The van der Waals surface area contributed by atoms with Gasteiger partial charge in [-0.15, -0.1) is 0 Å². The number of hydrogen-bond acceptors (Lipinski definition) is 4. The van der Waals surface area contributed by atoms with Gasteiger partial charge in [0.1, 0.15) is 6.33 Å². The predicted molar refractivity (Wildman–Crippen MR) is 64.6 cm³/mol. The third kappa shape index (κ3) is 3.00. The lowest BCUT2D eigenvalue weighted by Gasteiger charge is -2.33. The Balaban J connectivity index is 2.00. The first-order valence-corrected chi connectivity index (χ1v) is 6.09. The van der Waals surface area contributed by atoms with Gasteiger partial charge in [-0.25, -0.2) is 9.97 Å². The molecule has 0 aliphatic carbocycles. The highest BCUT2D eigenvalue weighted by atomic mass is 16.2. The summed E-state index contributed by atoms with van der Waals surface area (Å²) in [6.07, 6.45) is 6.78. The molecule has 5 nitrogen and oxygen atoms in total. The molecule has 0 bridgehead atoms. The van der Waals surface area contributed by atoms with Crippen molar-refractivity contribution in [2.75, 3.05) is 19.6 Å². The lowest BCUT2D eigenvalue weighted by molar-refractivity contribution is 0.0695. The van der Waals surface area contributed by atoms with Crippen molar-refractivity contribution in [3.05, 3.63) is 24.3 Å². The van der Waals surface area contributed by atoms with Gasteiger partial charge in [0.25, 0.3) is 5.91 Å². The van der Waals surface area contributed by atoms with Crippen molar-refractivity contribution in [3.8, 4) is 0 Å². The van der Waals surface area contributed by atoms with Crippen molar-refractivity contribution < 1.29 is 4.79 Å². The largest absolute Gasteiger partial charge is 0.337 e. The summed E-state index contributed by atoms with van der Waals surface area (Å²) in [5, 5.41) is 3.40. The Morgan fingerprint density at radius 2 is 2.29 bits per heavy atom. The van der Waals surface area contributed by atoms with E-state index in [1.807, 2.05) is 4.90 Å². The molecule has 2 rings (SSSR count).